The molecule has 4 nitrogen and oxygen atoms in total. The van der Waals surface area contributed by atoms with Gasteiger partial charge in [0, 0.05) is 18.9 Å². The number of amides is 1. The number of carbonyl (C=O) groups excluding carboxylic acids is 2. The normalized spacial score (nSPS) is 16.5. The van der Waals surface area contributed by atoms with Crippen molar-refractivity contribution in [1.82, 2.24) is 0 Å². The van der Waals surface area contributed by atoms with Crippen molar-refractivity contribution in [2.45, 2.75) is 39.7 Å². The van der Waals surface area contributed by atoms with E-state index in [1.54, 1.807) is 23.1 Å². The SMILES string of the molecule is CCC(=O)c1ccc2c(c1)N(C(C)=O)CC(C)(C)O2. The third-order valence-corrected chi connectivity index (χ3v) is 3.20. The number of carbonyl (C=O) groups is 2. The molecule has 0 unspecified atom stereocenters. The maximum absolute atomic E-state index is 11.8. The largest absolute Gasteiger partial charge is 0.484 e. The maximum atomic E-state index is 11.8. The second-order valence-electron chi connectivity index (χ2n) is 5.43. The summed E-state index contributed by atoms with van der Waals surface area (Å²) in [5.74, 6) is 0.675. The molecular weight excluding hydrogens is 242 g/mol. The van der Waals surface area contributed by atoms with Crippen LogP contribution >= 0.6 is 0 Å². The fourth-order valence-corrected chi connectivity index (χ4v) is 2.27. The monoisotopic (exact) mass is 261 g/mol. The zero-order chi connectivity index (χ0) is 14.2. The molecule has 0 fully saturated rings. The highest BCUT2D eigenvalue weighted by Crippen LogP contribution is 2.37. The van der Waals surface area contributed by atoms with Crippen LogP contribution in [0.3, 0.4) is 0 Å². The van der Waals surface area contributed by atoms with E-state index in [1.807, 2.05) is 20.8 Å². The Hall–Kier alpha value is -1.84. The Balaban J connectivity index is 2.49. The van der Waals surface area contributed by atoms with Crippen molar-refractivity contribution in [1.29, 1.82) is 0 Å². The molecule has 19 heavy (non-hydrogen) atoms. The second kappa shape index (κ2) is 4.68. The first kappa shape index (κ1) is 13.6. The van der Waals surface area contributed by atoms with E-state index < -0.39 is 5.60 Å². The molecule has 0 aromatic heterocycles. The number of rotatable bonds is 2. The van der Waals surface area contributed by atoms with Crippen LogP contribution < -0.4 is 9.64 Å². The molecule has 1 heterocycles. The van der Waals surface area contributed by atoms with Gasteiger partial charge in [-0.25, -0.2) is 0 Å². The summed E-state index contributed by atoms with van der Waals surface area (Å²) in [5, 5.41) is 0. The highest BCUT2D eigenvalue weighted by Gasteiger charge is 2.33. The van der Waals surface area contributed by atoms with Gasteiger partial charge in [-0.15, -0.1) is 0 Å². The molecule has 0 aliphatic carbocycles. The van der Waals surface area contributed by atoms with E-state index in [-0.39, 0.29) is 11.7 Å². The first-order valence-corrected chi connectivity index (χ1v) is 6.48. The molecule has 1 aliphatic rings. The van der Waals surface area contributed by atoms with Crippen LogP contribution in [0, 0.1) is 0 Å². The Morgan fingerprint density at radius 3 is 2.63 bits per heavy atom. The third kappa shape index (κ3) is 2.62. The fraction of sp³-hybridized carbons (Fsp3) is 0.467. The van der Waals surface area contributed by atoms with E-state index in [1.165, 1.54) is 6.92 Å². The van der Waals surface area contributed by atoms with Gasteiger partial charge >= 0.3 is 0 Å². The summed E-state index contributed by atoms with van der Waals surface area (Å²) < 4.78 is 5.86. The Kier molecular flexibility index (Phi) is 3.35. The Morgan fingerprint density at radius 1 is 1.37 bits per heavy atom. The highest BCUT2D eigenvalue weighted by atomic mass is 16.5. The van der Waals surface area contributed by atoms with Crippen molar-refractivity contribution in [2.24, 2.45) is 0 Å². The molecule has 1 aromatic carbocycles. The fourth-order valence-electron chi connectivity index (χ4n) is 2.27. The van der Waals surface area contributed by atoms with E-state index in [4.69, 9.17) is 4.74 Å². The summed E-state index contributed by atoms with van der Waals surface area (Å²) in [6.45, 7) is 7.72. The van der Waals surface area contributed by atoms with Crippen molar-refractivity contribution in [3.63, 3.8) is 0 Å². The molecule has 0 saturated heterocycles. The van der Waals surface area contributed by atoms with Crippen molar-refractivity contribution >= 4 is 17.4 Å². The first-order valence-electron chi connectivity index (χ1n) is 6.48. The molecule has 0 atom stereocenters. The lowest BCUT2D eigenvalue weighted by Crippen LogP contribution is -2.48. The standard InChI is InChI=1S/C15H19NO3/c1-5-13(18)11-6-7-14-12(8-11)16(10(2)17)9-15(3,4)19-14/h6-8H,5,9H2,1-4H3. The molecule has 0 bridgehead atoms. The molecule has 1 aromatic rings. The van der Waals surface area contributed by atoms with E-state index >= 15 is 0 Å². The van der Waals surface area contributed by atoms with Gasteiger partial charge in [-0.1, -0.05) is 6.92 Å². The van der Waals surface area contributed by atoms with Crippen LogP contribution in [-0.4, -0.2) is 23.8 Å². The number of ketones is 1. The number of anilines is 1. The second-order valence-corrected chi connectivity index (χ2v) is 5.43. The third-order valence-electron chi connectivity index (χ3n) is 3.20. The van der Waals surface area contributed by atoms with Crippen molar-refractivity contribution in [2.75, 3.05) is 11.4 Å². The van der Waals surface area contributed by atoms with Crippen LogP contribution in [0.1, 0.15) is 44.5 Å². The number of ether oxygens (including phenoxy) is 1. The summed E-state index contributed by atoms with van der Waals surface area (Å²) in [4.78, 5) is 25.2. The number of hydrogen-bond donors (Lipinski definition) is 0. The van der Waals surface area contributed by atoms with Crippen molar-refractivity contribution in [3.8, 4) is 5.75 Å². The number of hydrogen-bond acceptors (Lipinski definition) is 3. The Bertz CT molecular complexity index is 534. The van der Waals surface area contributed by atoms with Crippen LogP contribution in [-0.2, 0) is 4.79 Å². The minimum Gasteiger partial charge on any atom is -0.484 e. The van der Waals surface area contributed by atoms with Crippen molar-refractivity contribution < 1.29 is 14.3 Å². The molecule has 0 N–H and O–H groups in total. The zero-order valence-electron chi connectivity index (χ0n) is 11.8. The lowest BCUT2D eigenvalue weighted by atomic mass is 10.0. The molecule has 102 valence electrons. The lowest BCUT2D eigenvalue weighted by molar-refractivity contribution is -0.117. The minimum atomic E-state index is -0.422. The van der Waals surface area contributed by atoms with Gasteiger partial charge in [-0.3, -0.25) is 9.59 Å². The van der Waals surface area contributed by atoms with Gasteiger partial charge in [0.25, 0.3) is 0 Å². The van der Waals surface area contributed by atoms with Crippen LogP contribution in [0.4, 0.5) is 5.69 Å². The number of fused-ring (bicyclic) bond motifs is 1. The Labute approximate surface area is 113 Å². The predicted molar refractivity (Wildman–Crippen MR) is 73.8 cm³/mol. The van der Waals surface area contributed by atoms with Gasteiger partial charge in [0.05, 0.1) is 12.2 Å². The number of benzene rings is 1. The Morgan fingerprint density at radius 2 is 2.05 bits per heavy atom. The van der Waals surface area contributed by atoms with Crippen LogP contribution in [0.25, 0.3) is 0 Å². The van der Waals surface area contributed by atoms with Crippen LogP contribution in [0.5, 0.6) is 5.75 Å². The molecule has 1 amide bonds. The summed E-state index contributed by atoms with van der Waals surface area (Å²) in [6, 6.07) is 5.28. The molecule has 0 saturated carbocycles. The molecule has 1 aliphatic heterocycles. The van der Waals surface area contributed by atoms with E-state index in [9.17, 15) is 9.59 Å². The summed E-state index contributed by atoms with van der Waals surface area (Å²) >= 11 is 0. The predicted octanol–water partition coefficient (Wildman–Crippen LogP) is 2.80. The molecular formula is C15H19NO3. The van der Waals surface area contributed by atoms with E-state index in [2.05, 4.69) is 0 Å². The van der Waals surface area contributed by atoms with Gasteiger partial charge < -0.3 is 9.64 Å². The smallest absolute Gasteiger partial charge is 0.224 e. The van der Waals surface area contributed by atoms with Gasteiger partial charge in [-0.05, 0) is 32.0 Å². The average molecular weight is 261 g/mol. The first-order chi connectivity index (χ1) is 8.84. The van der Waals surface area contributed by atoms with E-state index in [0.29, 0.717) is 30.0 Å². The van der Waals surface area contributed by atoms with Gasteiger partial charge in [0.1, 0.15) is 11.4 Å². The topological polar surface area (TPSA) is 46.6 Å². The molecule has 0 spiro atoms. The number of nitrogens with zero attached hydrogens (tertiary/aromatic N) is 1. The summed E-state index contributed by atoms with van der Waals surface area (Å²) in [7, 11) is 0. The van der Waals surface area contributed by atoms with Gasteiger partial charge in [-0.2, -0.15) is 0 Å². The zero-order valence-corrected chi connectivity index (χ0v) is 11.8. The minimum absolute atomic E-state index is 0.0428. The van der Waals surface area contributed by atoms with Crippen molar-refractivity contribution in [3.05, 3.63) is 23.8 Å². The van der Waals surface area contributed by atoms with Gasteiger partial charge in [0.2, 0.25) is 5.91 Å². The summed E-state index contributed by atoms with van der Waals surface area (Å²) in [5.41, 5.74) is 0.886. The number of Topliss-reactive ketones (excluding diaryl/α,β-unsaturated/α-hetero) is 1. The average Bonchev–Trinajstić information content (AvgIpc) is 2.35. The van der Waals surface area contributed by atoms with Crippen LogP contribution in [0.2, 0.25) is 0 Å². The quantitative estimate of drug-likeness (QED) is 0.769. The summed E-state index contributed by atoms with van der Waals surface area (Å²) in [6.07, 6.45) is 0.450. The lowest BCUT2D eigenvalue weighted by Gasteiger charge is -2.39. The van der Waals surface area contributed by atoms with Gasteiger partial charge in [0.15, 0.2) is 5.78 Å². The van der Waals surface area contributed by atoms with E-state index in [0.717, 1.165) is 0 Å². The highest BCUT2D eigenvalue weighted by molar-refractivity contribution is 6.00. The maximum Gasteiger partial charge on any atom is 0.224 e. The van der Waals surface area contributed by atoms with Crippen LogP contribution in [0.15, 0.2) is 18.2 Å². The molecule has 2 rings (SSSR count). The molecule has 4 heteroatoms. The molecule has 0 radical (unpaired) electrons.